The van der Waals surface area contributed by atoms with Gasteiger partial charge in [0.15, 0.2) is 5.58 Å². The average molecular weight is 456 g/mol. The van der Waals surface area contributed by atoms with E-state index in [2.05, 4.69) is 9.98 Å². The van der Waals surface area contributed by atoms with Gasteiger partial charge in [0, 0.05) is 27.9 Å². The van der Waals surface area contributed by atoms with E-state index in [0.717, 1.165) is 0 Å². The Morgan fingerprint density at radius 3 is 2.68 bits per heavy atom. The minimum Gasteiger partial charge on any atom is -0.502 e. The number of nitro benzene ring substituents is 1. The van der Waals surface area contributed by atoms with Crippen LogP contribution in [0.15, 0.2) is 51.9 Å². The van der Waals surface area contributed by atoms with Crippen LogP contribution in [-0.4, -0.2) is 21.2 Å². The van der Waals surface area contributed by atoms with Crippen LogP contribution in [0.2, 0.25) is 10.0 Å². The van der Waals surface area contributed by atoms with Gasteiger partial charge in [-0.2, -0.15) is 0 Å². The quantitative estimate of drug-likeness (QED) is 0.207. The van der Waals surface area contributed by atoms with E-state index in [1.165, 1.54) is 13.1 Å². The first kappa shape index (κ1) is 20.8. The van der Waals surface area contributed by atoms with E-state index in [4.69, 9.17) is 27.6 Å². The number of aromatic nitrogens is 1. The molecule has 0 radical (unpaired) electrons. The highest BCUT2D eigenvalue weighted by Crippen LogP contribution is 2.40. The molecule has 0 aliphatic heterocycles. The molecule has 0 saturated carbocycles. The van der Waals surface area contributed by atoms with Gasteiger partial charge in [0.25, 0.3) is 0 Å². The molecule has 1 N–H and O–H groups in total. The molecular formula is C22H15Cl2N3O4. The number of hydrogen-bond acceptors (Lipinski definition) is 6. The summed E-state index contributed by atoms with van der Waals surface area (Å²) in [4.78, 5) is 19.5. The average Bonchev–Trinajstić information content (AvgIpc) is 3.15. The maximum Gasteiger partial charge on any atom is 0.315 e. The van der Waals surface area contributed by atoms with Crippen LogP contribution in [0.25, 0.3) is 22.6 Å². The Morgan fingerprint density at radius 2 is 1.94 bits per heavy atom. The summed E-state index contributed by atoms with van der Waals surface area (Å²) in [5.74, 6) is -0.0671. The molecule has 0 atom stereocenters. The van der Waals surface area contributed by atoms with Crippen LogP contribution in [0.5, 0.6) is 5.75 Å². The minimum atomic E-state index is -0.659. The lowest BCUT2D eigenvalue weighted by atomic mass is 10.0. The van der Waals surface area contributed by atoms with E-state index >= 15 is 0 Å². The van der Waals surface area contributed by atoms with Gasteiger partial charge in [-0.25, -0.2) is 4.98 Å². The number of hydrogen-bond donors (Lipinski definition) is 1. The highest BCUT2D eigenvalue weighted by molar-refractivity contribution is 6.33. The van der Waals surface area contributed by atoms with E-state index in [0.29, 0.717) is 38.8 Å². The van der Waals surface area contributed by atoms with Crippen molar-refractivity contribution in [3.63, 3.8) is 0 Å². The van der Waals surface area contributed by atoms with E-state index < -0.39 is 16.4 Å². The van der Waals surface area contributed by atoms with Gasteiger partial charge < -0.3 is 9.52 Å². The first-order chi connectivity index (χ1) is 14.8. The summed E-state index contributed by atoms with van der Waals surface area (Å²) in [7, 11) is 0. The molecule has 0 fully saturated rings. The second-order valence-corrected chi connectivity index (χ2v) is 7.69. The number of aliphatic imine (C=N–C) groups is 1. The number of oxazole rings is 1. The predicted molar refractivity (Wildman–Crippen MR) is 121 cm³/mol. The summed E-state index contributed by atoms with van der Waals surface area (Å²) in [5, 5.41) is 22.6. The van der Waals surface area contributed by atoms with Crippen LogP contribution in [0.3, 0.4) is 0 Å². The van der Waals surface area contributed by atoms with Crippen molar-refractivity contribution < 1.29 is 14.4 Å². The lowest BCUT2D eigenvalue weighted by Gasteiger charge is -2.10. The second-order valence-electron chi connectivity index (χ2n) is 6.87. The third-order valence-electron chi connectivity index (χ3n) is 4.87. The highest BCUT2D eigenvalue weighted by Gasteiger charge is 2.25. The molecule has 9 heteroatoms. The van der Waals surface area contributed by atoms with Crippen molar-refractivity contribution in [3.8, 4) is 17.2 Å². The molecule has 0 amide bonds. The molecular weight excluding hydrogens is 441 g/mol. The number of benzene rings is 3. The molecule has 0 aliphatic carbocycles. The van der Waals surface area contributed by atoms with Crippen LogP contribution in [0, 0.1) is 24.0 Å². The van der Waals surface area contributed by atoms with Crippen LogP contribution in [-0.2, 0) is 0 Å². The van der Waals surface area contributed by atoms with Crippen molar-refractivity contribution in [3.05, 3.63) is 79.3 Å². The van der Waals surface area contributed by atoms with Crippen molar-refractivity contribution in [2.75, 3.05) is 0 Å². The first-order valence-corrected chi connectivity index (χ1v) is 9.88. The number of rotatable bonds is 4. The molecule has 4 rings (SSSR count). The molecule has 0 unspecified atom stereocenters. The van der Waals surface area contributed by atoms with Crippen molar-refractivity contribution in [1.29, 1.82) is 0 Å². The Morgan fingerprint density at radius 1 is 1.16 bits per heavy atom. The Balaban J connectivity index is 1.73. The summed E-state index contributed by atoms with van der Waals surface area (Å²) in [6.07, 6.45) is 1.36. The maximum absolute atomic E-state index is 11.3. The Kier molecular flexibility index (Phi) is 5.39. The van der Waals surface area contributed by atoms with E-state index in [1.54, 1.807) is 43.3 Å². The molecule has 3 aromatic carbocycles. The van der Waals surface area contributed by atoms with Crippen LogP contribution in [0.4, 0.5) is 11.4 Å². The van der Waals surface area contributed by atoms with E-state index in [9.17, 15) is 15.2 Å². The van der Waals surface area contributed by atoms with Gasteiger partial charge in [-0.15, -0.1) is 0 Å². The molecule has 0 spiro atoms. The van der Waals surface area contributed by atoms with Crippen molar-refractivity contribution in [2.45, 2.75) is 13.8 Å². The van der Waals surface area contributed by atoms with Crippen molar-refractivity contribution >= 4 is 51.9 Å². The van der Waals surface area contributed by atoms with Gasteiger partial charge in [0.05, 0.1) is 15.6 Å². The van der Waals surface area contributed by atoms with Crippen LogP contribution >= 0.6 is 23.2 Å². The molecule has 1 aromatic heterocycles. The summed E-state index contributed by atoms with van der Waals surface area (Å²) in [6, 6.07) is 12.3. The number of halogens is 2. The predicted octanol–water partition coefficient (Wildman–Crippen LogP) is 6.78. The first-order valence-electron chi connectivity index (χ1n) is 9.13. The van der Waals surface area contributed by atoms with Gasteiger partial charge in [-0.3, -0.25) is 15.1 Å². The fourth-order valence-corrected chi connectivity index (χ4v) is 3.61. The number of nitro groups is 1. The fraction of sp³-hybridized carbons (Fsp3) is 0.0909. The molecule has 0 aliphatic rings. The lowest BCUT2D eigenvalue weighted by Crippen LogP contribution is -2.00. The molecule has 1 heterocycles. The van der Waals surface area contributed by atoms with E-state index in [1.807, 2.05) is 6.07 Å². The molecule has 7 nitrogen and oxygen atoms in total. The summed E-state index contributed by atoms with van der Waals surface area (Å²) in [5.41, 5.74) is 2.93. The summed E-state index contributed by atoms with van der Waals surface area (Å²) in [6.45, 7) is 3.16. The highest BCUT2D eigenvalue weighted by atomic mass is 35.5. The maximum atomic E-state index is 11.3. The van der Waals surface area contributed by atoms with Gasteiger partial charge in [0.1, 0.15) is 5.52 Å². The zero-order valence-corrected chi connectivity index (χ0v) is 17.9. The molecule has 156 valence electrons. The standard InChI is InChI=1S/C22H15Cl2N3O4/c1-11-16(21(28)20(27(29)30)12(2)19(11)24)10-25-15-5-3-4-13(8-15)22-26-17-9-14(23)6-7-18(17)31-22/h3-10,28H,1-2H3. The lowest BCUT2D eigenvalue weighted by molar-refractivity contribution is -0.386. The third kappa shape index (κ3) is 3.85. The Hall–Kier alpha value is -3.42. The smallest absolute Gasteiger partial charge is 0.315 e. The molecule has 0 saturated heterocycles. The topological polar surface area (TPSA) is 102 Å². The number of aromatic hydroxyl groups is 1. The molecule has 4 aromatic rings. The zero-order chi connectivity index (χ0) is 22.3. The minimum absolute atomic E-state index is 0.184. The summed E-state index contributed by atoms with van der Waals surface area (Å²) < 4.78 is 5.78. The molecule has 0 bridgehead atoms. The monoisotopic (exact) mass is 455 g/mol. The van der Waals surface area contributed by atoms with E-state index in [-0.39, 0.29) is 16.1 Å². The largest absolute Gasteiger partial charge is 0.502 e. The van der Waals surface area contributed by atoms with Crippen LogP contribution < -0.4 is 0 Å². The van der Waals surface area contributed by atoms with Gasteiger partial charge in [-0.05, 0) is 55.8 Å². The third-order valence-corrected chi connectivity index (χ3v) is 5.67. The normalized spacial score (nSPS) is 11.5. The van der Waals surface area contributed by atoms with Crippen molar-refractivity contribution in [1.82, 2.24) is 4.98 Å². The van der Waals surface area contributed by atoms with Crippen LogP contribution in [0.1, 0.15) is 16.7 Å². The fourth-order valence-electron chi connectivity index (χ4n) is 3.25. The second kappa shape index (κ2) is 8.02. The van der Waals surface area contributed by atoms with Gasteiger partial charge in [-0.1, -0.05) is 29.3 Å². The van der Waals surface area contributed by atoms with Crippen molar-refractivity contribution in [2.24, 2.45) is 4.99 Å². The number of phenolic OH excluding ortho intramolecular Hbond substituents is 1. The Bertz CT molecular complexity index is 1380. The number of phenols is 1. The summed E-state index contributed by atoms with van der Waals surface area (Å²) >= 11 is 12.2. The van der Waals surface area contributed by atoms with Gasteiger partial charge in [0.2, 0.25) is 11.6 Å². The Labute approximate surface area is 186 Å². The zero-order valence-electron chi connectivity index (χ0n) is 16.4. The van der Waals surface area contributed by atoms with Gasteiger partial charge >= 0.3 is 5.69 Å². The SMILES string of the molecule is Cc1c(Cl)c(C)c([N+](=O)[O-])c(O)c1C=Nc1cccc(-c2nc3cc(Cl)ccc3o2)c1. The number of fused-ring (bicyclic) bond motifs is 1. The molecule has 31 heavy (non-hydrogen) atoms. The number of nitrogens with zero attached hydrogens (tertiary/aromatic N) is 3.